The Morgan fingerprint density at radius 2 is 2.00 bits per heavy atom. The maximum Gasteiger partial charge on any atom is 0.410 e. The Morgan fingerprint density at radius 3 is 2.65 bits per heavy atom. The van der Waals surface area contributed by atoms with E-state index in [1.165, 1.54) is 7.11 Å². The summed E-state index contributed by atoms with van der Waals surface area (Å²) >= 11 is 0. The largest absolute Gasteiger partial charge is 0.465 e. The van der Waals surface area contributed by atoms with Crippen molar-refractivity contribution in [3.05, 3.63) is 34.9 Å². The van der Waals surface area contributed by atoms with Crippen molar-refractivity contribution in [1.29, 1.82) is 0 Å². The minimum Gasteiger partial charge on any atom is -0.465 e. The SMILES string of the molecule is COC(=O)c1ccc2c(c1)CCN(C(=O)OC(C)C)C2. The van der Waals surface area contributed by atoms with E-state index in [-0.39, 0.29) is 18.2 Å². The van der Waals surface area contributed by atoms with Crippen molar-refractivity contribution in [3.63, 3.8) is 0 Å². The highest BCUT2D eigenvalue weighted by atomic mass is 16.6. The lowest BCUT2D eigenvalue weighted by atomic mass is 9.97. The zero-order chi connectivity index (χ0) is 14.7. The van der Waals surface area contributed by atoms with E-state index < -0.39 is 0 Å². The lowest BCUT2D eigenvalue weighted by Gasteiger charge is -2.29. The van der Waals surface area contributed by atoms with E-state index >= 15 is 0 Å². The van der Waals surface area contributed by atoms with Gasteiger partial charge in [-0.15, -0.1) is 0 Å². The van der Waals surface area contributed by atoms with E-state index in [1.54, 1.807) is 11.0 Å². The van der Waals surface area contributed by atoms with Gasteiger partial charge in [0.25, 0.3) is 0 Å². The average molecular weight is 277 g/mol. The predicted octanol–water partition coefficient (Wildman–Crippen LogP) is 2.38. The van der Waals surface area contributed by atoms with Gasteiger partial charge in [0.05, 0.1) is 18.8 Å². The molecule has 108 valence electrons. The first kappa shape index (κ1) is 14.4. The molecule has 0 spiro atoms. The molecule has 1 aliphatic heterocycles. The summed E-state index contributed by atoms with van der Waals surface area (Å²) in [7, 11) is 1.37. The number of methoxy groups -OCH3 is 1. The lowest BCUT2D eigenvalue weighted by molar-refractivity contribution is 0.0598. The molecule has 2 rings (SSSR count). The van der Waals surface area contributed by atoms with Gasteiger partial charge in [-0.3, -0.25) is 0 Å². The Kier molecular flexibility index (Phi) is 4.27. The van der Waals surface area contributed by atoms with Crippen molar-refractivity contribution in [2.75, 3.05) is 13.7 Å². The molecule has 5 nitrogen and oxygen atoms in total. The number of ether oxygens (including phenoxy) is 2. The molecule has 0 unspecified atom stereocenters. The summed E-state index contributed by atoms with van der Waals surface area (Å²) < 4.78 is 9.90. The highest BCUT2D eigenvalue weighted by Gasteiger charge is 2.23. The second-order valence-electron chi connectivity index (χ2n) is 5.08. The fraction of sp³-hybridized carbons (Fsp3) is 0.467. The number of hydrogen-bond donors (Lipinski definition) is 0. The van der Waals surface area contributed by atoms with Crippen LogP contribution in [0.15, 0.2) is 18.2 Å². The fourth-order valence-electron chi connectivity index (χ4n) is 2.23. The van der Waals surface area contributed by atoms with Gasteiger partial charge in [0.2, 0.25) is 0 Å². The standard InChI is InChI=1S/C15H19NO4/c1-10(2)20-15(18)16-7-6-11-8-12(14(17)19-3)4-5-13(11)9-16/h4-5,8,10H,6-7,9H2,1-3H3. The molecule has 5 heteroatoms. The molecule has 1 heterocycles. The van der Waals surface area contributed by atoms with Gasteiger partial charge >= 0.3 is 12.1 Å². The van der Waals surface area contributed by atoms with Gasteiger partial charge < -0.3 is 14.4 Å². The number of nitrogens with zero attached hydrogens (tertiary/aromatic N) is 1. The molecule has 0 atom stereocenters. The molecule has 0 N–H and O–H groups in total. The zero-order valence-electron chi connectivity index (χ0n) is 12.0. The molecule has 0 saturated heterocycles. The summed E-state index contributed by atoms with van der Waals surface area (Å²) in [4.78, 5) is 25.0. The van der Waals surface area contributed by atoms with Crippen molar-refractivity contribution >= 4 is 12.1 Å². The van der Waals surface area contributed by atoms with Crippen LogP contribution in [-0.4, -0.2) is 36.7 Å². The van der Waals surface area contributed by atoms with Gasteiger partial charge in [-0.25, -0.2) is 9.59 Å². The van der Waals surface area contributed by atoms with Crippen molar-refractivity contribution in [2.24, 2.45) is 0 Å². The van der Waals surface area contributed by atoms with Crippen LogP contribution in [0.3, 0.4) is 0 Å². The summed E-state index contributed by atoms with van der Waals surface area (Å²) in [5, 5.41) is 0. The first-order chi connectivity index (χ1) is 9.51. The molecule has 0 radical (unpaired) electrons. The third kappa shape index (κ3) is 3.10. The van der Waals surface area contributed by atoms with Crippen LogP contribution in [-0.2, 0) is 22.4 Å². The van der Waals surface area contributed by atoms with Crippen molar-refractivity contribution in [2.45, 2.75) is 32.9 Å². The summed E-state index contributed by atoms with van der Waals surface area (Å²) in [6, 6.07) is 5.44. The summed E-state index contributed by atoms with van der Waals surface area (Å²) in [5.74, 6) is -0.338. The molecule has 0 fully saturated rings. The average Bonchev–Trinajstić information content (AvgIpc) is 2.44. The zero-order valence-corrected chi connectivity index (χ0v) is 12.0. The van der Waals surface area contributed by atoms with Crippen LogP contribution in [0.1, 0.15) is 35.3 Å². The minimum atomic E-state index is -0.338. The fourth-order valence-corrected chi connectivity index (χ4v) is 2.23. The van der Waals surface area contributed by atoms with Gasteiger partial charge in [0.15, 0.2) is 0 Å². The van der Waals surface area contributed by atoms with Gasteiger partial charge in [-0.1, -0.05) is 6.07 Å². The third-order valence-electron chi connectivity index (χ3n) is 3.23. The Balaban J connectivity index is 2.11. The lowest BCUT2D eigenvalue weighted by Crippen LogP contribution is -2.37. The molecule has 1 aromatic rings. The number of hydrogen-bond acceptors (Lipinski definition) is 4. The van der Waals surface area contributed by atoms with E-state index in [0.29, 0.717) is 25.1 Å². The molecule has 1 amide bonds. The van der Waals surface area contributed by atoms with Crippen LogP contribution in [0.25, 0.3) is 0 Å². The van der Waals surface area contributed by atoms with Crippen LogP contribution >= 0.6 is 0 Å². The van der Waals surface area contributed by atoms with Crippen LogP contribution in [0.5, 0.6) is 0 Å². The number of fused-ring (bicyclic) bond motifs is 1. The molecule has 0 aliphatic carbocycles. The summed E-state index contributed by atoms with van der Waals surface area (Å²) in [6.07, 6.45) is 0.307. The number of benzene rings is 1. The summed E-state index contributed by atoms with van der Waals surface area (Å²) in [6.45, 7) is 4.78. The second-order valence-corrected chi connectivity index (χ2v) is 5.08. The van der Waals surface area contributed by atoms with Crippen LogP contribution in [0.2, 0.25) is 0 Å². The van der Waals surface area contributed by atoms with Gasteiger partial charge in [0.1, 0.15) is 0 Å². The van der Waals surface area contributed by atoms with Crippen LogP contribution in [0.4, 0.5) is 4.79 Å². The van der Waals surface area contributed by atoms with Crippen molar-refractivity contribution in [3.8, 4) is 0 Å². The van der Waals surface area contributed by atoms with E-state index in [4.69, 9.17) is 9.47 Å². The quantitative estimate of drug-likeness (QED) is 0.779. The second kappa shape index (κ2) is 5.94. The van der Waals surface area contributed by atoms with E-state index in [0.717, 1.165) is 11.1 Å². The molecule has 0 aromatic heterocycles. The highest BCUT2D eigenvalue weighted by Crippen LogP contribution is 2.21. The normalized spacial score (nSPS) is 13.9. The van der Waals surface area contributed by atoms with Crippen molar-refractivity contribution in [1.82, 2.24) is 4.90 Å². The first-order valence-corrected chi connectivity index (χ1v) is 6.67. The number of esters is 1. The Morgan fingerprint density at radius 1 is 1.25 bits per heavy atom. The van der Waals surface area contributed by atoms with Gasteiger partial charge in [0, 0.05) is 13.1 Å². The van der Waals surface area contributed by atoms with Crippen LogP contribution in [0, 0.1) is 0 Å². The highest BCUT2D eigenvalue weighted by molar-refractivity contribution is 5.89. The topological polar surface area (TPSA) is 55.8 Å². The molecule has 20 heavy (non-hydrogen) atoms. The van der Waals surface area contributed by atoms with Crippen molar-refractivity contribution < 1.29 is 19.1 Å². The van der Waals surface area contributed by atoms with E-state index in [9.17, 15) is 9.59 Å². The van der Waals surface area contributed by atoms with Crippen LogP contribution < -0.4 is 0 Å². The maximum absolute atomic E-state index is 11.9. The Labute approximate surface area is 118 Å². The van der Waals surface area contributed by atoms with Gasteiger partial charge in [-0.05, 0) is 43.5 Å². The molecular formula is C15H19NO4. The maximum atomic E-state index is 11.9. The number of carbonyl (C=O) groups excluding carboxylic acids is 2. The molecule has 1 aromatic carbocycles. The predicted molar refractivity (Wildman–Crippen MR) is 73.5 cm³/mol. The monoisotopic (exact) mass is 277 g/mol. The minimum absolute atomic E-state index is 0.120. The smallest absolute Gasteiger partial charge is 0.410 e. The van der Waals surface area contributed by atoms with Gasteiger partial charge in [-0.2, -0.15) is 0 Å². The summed E-state index contributed by atoms with van der Waals surface area (Å²) in [5.41, 5.74) is 2.68. The van der Waals surface area contributed by atoms with E-state index in [1.807, 2.05) is 26.0 Å². The number of carbonyl (C=O) groups is 2. The molecular weight excluding hydrogens is 258 g/mol. The molecule has 0 bridgehead atoms. The molecule has 0 saturated carbocycles. The number of amides is 1. The number of rotatable bonds is 2. The Bertz CT molecular complexity index is 525. The third-order valence-corrected chi connectivity index (χ3v) is 3.23. The Hall–Kier alpha value is -2.04. The first-order valence-electron chi connectivity index (χ1n) is 6.67. The molecule has 1 aliphatic rings. The van der Waals surface area contributed by atoms with E-state index in [2.05, 4.69) is 0 Å².